The van der Waals surface area contributed by atoms with Crippen molar-refractivity contribution in [3.8, 4) is 0 Å². The van der Waals surface area contributed by atoms with Gasteiger partial charge < -0.3 is 27.2 Å². The Labute approximate surface area is 217 Å². The van der Waals surface area contributed by atoms with E-state index in [-0.39, 0.29) is 79.2 Å². The van der Waals surface area contributed by atoms with E-state index in [1.807, 2.05) is 0 Å². The van der Waals surface area contributed by atoms with E-state index in [1.165, 1.54) is 29.2 Å². The predicted octanol–water partition coefficient (Wildman–Crippen LogP) is -3.99. The molecule has 178 valence electrons. The van der Waals surface area contributed by atoms with Crippen LogP contribution in [0.4, 0.5) is 9.59 Å². The monoisotopic (exact) mass is 503 g/mol. The van der Waals surface area contributed by atoms with Gasteiger partial charge in [0.1, 0.15) is 18.3 Å². The van der Waals surface area contributed by atoms with Gasteiger partial charge in [-0.1, -0.05) is 12.1 Å². The molecule has 4 amide bonds. The van der Waals surface area contributed by atoms with Crippen LogP contribution in [0.5, 0.6) is 0 Å². The number of amides is 4. The van der Waals surface area contributed by atoms with Gasteiger partial charge in [0, 0.05) is 19.0 Å². The fraction of sp³-hybridized carbons (Fsp3) is 0.368. The fourth-order valence-electron chi connectivity index (χ4n) is 4.61. The molecule has 0 saturated carbocycles. The van der Waals surface area contributed by atoms with Crippen molar-refractivity contribution in [2.75, 3.05) is 13.2 Å². The van der Waals surface area contributed by atoms with E-state index in [9.17, 15) is 32.7 Å². The van der Waals surface area contributed by atoms with E-state index >= 15 is 0 Å². The van der Waals surface area contributed by atoms with Gasteiger partial charge in [0.25, 0.3) is 5.91 Å². The number of nitrogens with two attached hydrogens (primary N) is 2. The summed E-state index contributed by atoms with van der Waals surface area (Å²) in [5, 5.41) is 17.4. The Hall–Kier alpha value is -2.65. The van der Waals surface area contributed by atoms with Crippen molar-refractivity contribution in [1.82, 2.24) is 15.1 Å². The molecule has 1 aromatic rings. The van der Waals surface area contributed by atoms with Crippen molar-refractivity contribution < 1.29 is 68.4 Å². The van der Waals surface area contributed by atoms with Crippen LogP contribution in [0, 0.1) is 5.92 Å². The second kappa shape index (κ2) is 9.54. The minimum absolute atomic E-state index is 0. The summed E-state index contributed by atoms with van der Waals surface area (Å²) in [5.74, 6) is -2.07. The molecule has 2 saturated heterocycles. The Morgan fingerprint density at radius 2 is 1.88 bits per heavy atom. The molecule has 0 spiro atoms. The third-order valence-corrected chi connectivity index (χ3v) is 6.92. The van der Waals surface area contributed by atoms with Gasteiger partial charge in [-0.25, -0.2) is 27.9 Å². The molecule has 34 heavy (non-hydrogen) atoms. The van der Waals surface area contributed by atoms with Crippen molar-refractivity contribution in [2.45, 2.75) is 29.9 Å². The Balaban J connectivity index is 0.00000216. The normalized spacial score (nSPS) is 23.0. The number of likely N-dealkylation sites (tertiary alicyclic amines) is 1. The van der Waals surface area contributed by atoms with Crippen LogP contribution in [0.25, 0.3) is 0 Å². The number of β-lactam (4-membered cyclic amide) rings is 1. The van der Waals surface area contributed by atoms with Crippen LogP contribution in [-0.4, -0.2) is 72.6 Å². The number of aliphatic carboxylic acids is 1. The molecule has 0 unspecified atom stereocenters. The second-order valence-electron chi connectivity index (χ2n) is 7.97. The zero-order valence-electron chi connectivity index (χ0n) is 19.1. The van der Waals surface area contributed by atoms with Crippen LogP contribution in [0.1, 0.15) is 13.4 Å². The first-order valence-corrected chi connectivity index (χ1v) is 11.4. The molecule has 0 radical (unpaired) electrons. The third kappa shape index (κ3) is 4.63. The first-order chi connectivity index (χ1) is 15.5. The molecule has 1 aromatic carbocycles. The molecule has 6 N–H and O–H groups in total. The number of carbonyl (C=O) groups is 4. The number of nitrogens with zero attached hydrogens (tertiary/aromatic N) is 2. The number of hydrogen-bond acceptors (Lipinski definition) is 7. The summed E-state index contributed by atoms with van der Waals surface area (Å²) in [6.45, 7) is -0.0629. The molecular formula is C19H22N5NaO8S. The molecule has 4 rings (SSSR count). The van der Waals surface area contributed by atoms with Gasteiger partial charge >= 0.3 is 47.7 Å². The zero-order valence-corrected chi connectivity index (χ0v) is 20.9. The number of carboxylic acids is 1. The molecule has 3 atom stereocenters. The van der Waals surface area contributed by atoms with Crippen LogP contribution >= 0.6 is 0 Å². The molecule has 15 heteroatoms. The molecule has 13 nitrogen and oxygen atoms in total. The van der Waals surface area contributed by atoms with E-state index in [0.29, 0.717) is 5.56 Å². The maximum Gasteiger partial charge on any atom is 1.00 e. The van der Waals surface area contributed by atoms with Crippen molar-refractivity contribution in [3.63, 3.8) is 0 Å². The maximum atomic E-state index is 12.8. The SMILES string of the molecule is NC(=O)OCC1=C(C(=O)O)N2C(=O)[C@@H]3[C@H]2[C@H](C1)CN3C(=O)NCc1ccc(S(N)(=O)=O)cc1.[H-].[Na+]. The molecule has 0 aromatic heterocycles. The maximum absolute atomic E-state index is 12.8. The number of ether oxygens (including phenoxy) is 1. The Bertz CT molecular complexity index is 1190. The number of carboxylic acid groups (broad SMARTS) is 1. The van der Waals surface area contributed by atoms with Crippen molar-refractivity contribution >= 4 is 34.0 Å². The number of rotatable bonds is 6. The fourth-order valence-corrected chi connectivity index (χ4v) is 5.12. The number of sulfonamides is 1. The van der Waals surface area contributed by atoms with E-state index in [0.717, 1.165) is 4.90 Å². The molecule has 2 fully saturated rings. The quantitative estimate of drug-likeness (QED) is 0.222. The van der Waals surface area contributed by atoms with Crippen LogP contribution in [0.2, 0.25) is 0 Å². The molecule has 3 heterocycles. The number of nitrogens with one attached hydrogen (secondary N) is 1. The summed E-state index contributed by atoms with van der Waals surface area (Å²) >= 11 is 0. The summed E-state index contributed by atoms with van der Waals surface area (Å²) in [6.07, 6.45) is -0.828. The number of hydrogen-bond donors (Lipinski definition) is 4. The van der Waals surface area contributed by atoms with Gasteiger partial charge in [0.05, 0.1) is 10.9 Å². The van der Waals surface area contributed by atoms with Gasteiger partial charge in [-0.05, 0) is 29.7 Å². The number of carbonyl (C=O) groups excluding carboxylic acids is 3. The Morgan fingerprint density at radius 3 is 2.44 bits per heavy atom. The van der Waals surface area contributed by atoms with E-state index in [2.05, 4.69) is 5.32 Å². The average Bonchev–Trinajstić information content (AvgIpc) is 3.11. The first-order valence-electron chi connectivity index (χ1n) is 9.86. The molecule has 0 bridgehead atoms. The van der Waals surface area contributed by atoms with Gasteiger partial charge in [0.2, 0.25) is 10.0 Å². The minimum atomic E-state index is -3.83. The van der Waals surface area contributed by atoms with Crippen LogP contribution < -0.4 is 45.7 Å². The van der Waals surface area contributed by atoms with Crippen molar-refractivity contribution in [3.05, 3.63) is 41.1 Å². The molecule has 3 aliphatic rings. The van der Waals surface area contributed by atoms with Gasteiger partial charge in [-0.15, -0.1) is 0 Å². The number of primary amides is 1. The smallest absolute Gasteiger partial charge is 1.00 e. The van der Waals surface area contributed by atoms with E-state index < -0.39 is 46.1 Å². The Kier molecular flexibility index (Phi) is 7.28. The molecule has 3 aliphatic heterocycles. The topological polar surface area (TPSA) is 202 Å². The minimum Gasteiger partial charge on any atom is -1.00 e. The van der Waals surface area contributed by atoms with Crippen molar-refractivity contribution in [2.24, 2.45) is 16.8 Å². The second-order valence-corrected chi connectivity index (χ2v) is 9.53. The van der Waals surface area contributed by atoms with Gasteiger partial charge in [0.15, 0.2) is 0 Å². The van der Waals surface area contributed by atoms with Crippen LogP contribution in [0.15, 0.2) is 40.4 Å². The van der Waals surface area contributed by atoms with Gasteiger partial charge in [-0.2, -0.15) is 0 Å². The summed E-state index contributed by atoms with van der Waals surface area (Å²) in [6, 6.07) is 3.90. The summed E-state index contributed by atoms with van der Waals surface area (Å²) in [5.41, 5.74) is 5.61. The van der Waals surface area contributed by atoms with Crippen molar-refractivity contribution in [1.29, 1.82) is 0 Å². The average molecular weight is 503 g/mol. The third-order valence-electron chi connectivity index (χ3n) is 5.99. The Morgan fingerprint density at radius 1 is 1.24 bits per heavy atom. The first kappa shape index (κ1) is 26.0. The number of urea groups is 1. The van der Waals surface area contributed by atoms with Crippen LogP contribution in [-0.2, 0) is 30.9 Å². The molecule has 0 aliphatic carbocycles. The summed E-state index contributed by atoms with van der Waals surface area (Å²) in [7, 11) is -3.83. The molecular weight excluding hydrogens is 481 g/mol. The standard InChI is InChI=1S/C19H21N5O8S.Na.H/c20-18(28)32-8-11-5-10-7-23(15-13(10)24(16(15)25)14(11)17(26)27)19(29)22-6-9-1-3-12(4-2-9)33(21,30)31;;/h1-4,10,13,15H,5-8H2,(H2,20,28)(H,22,29)(H,26,27)(H2,21,30,31);;/q;+1;-1/t10-,13-,15+;;/m1../s1. The number of primary sulfonamides is 1. The summed E-state index contributed by atoms with van der Waals surface area (Å²) < 4.78 is 27.4. The van der Waals surface area contributed by atoms with Crippen LogP contribution in [0.3, 0.4) is 0 Å². The summed E-state index contributed by atoms with van der Waals surface area (Å²) in [4.78, 5) is 50.8. The van der Waals surface area contributed by atoms with E-state index in [1.54, 1.807) is 0 Å². The largest absolute Gasteiger partial charge is 1.00 e. The van der Waals surface area contributed by atoms with E-state index in [4.69, 9.17) is 15.6 Å². The van der Waals surface area contributed by atoms with Gasteiger partial charge in [-0.3, -0.25) is 9.69 Å². The zero-order chi connectivity index (χ0) is 24.1. The predicted molar refractivity (Wildman–Crippen MR) is 111 cm³/mol. The number of benzene rings is 1.